The molecule has 6 nitrogen and oxygen atoms in total. The van der Waals surface area contributed by atoms with Crippen LogP contribution in [0.1, 0.15) is 11.3 Å². The van der Waals surface area contributed by atoms with Gasteiger partial charge < -0.3 is 9.72 Å². The number of rotatable bonds is 3. The molecule has 0 spiro atoms. The van der Waals surface area contributed by atoms with Crippen LogP contribution in [0.2, 0.25) is 5.02 Å². The number of nitrogens with zero attached hydrogens (tertiary/aromatic N) is 4. The van der Waals surface area contributed by atoms with E-state index in [1.54, 1.807) is 23.9 Å². The lowest BCUT2D eigenvalue weighted by Gasteiger charge is -2.11. The van der Waals surface area contributed by atoms with E-state index in [9.17, 15) is 0 Å². The molecule has 0 amide bonds. The number of hydrogen-bond acceptors (Lipinski definition) is 4. The van der Waals surface area contributed by atoms with Gasteiger partial charge in [0.1, 0.15) is 17.5 Å². The molecule has 1 aromatic carbocycles. The molecule has 4 rings (SSSR count). The fraction of sp³-hybridized carbons (Fsp3) is 0.118. The highest BCUT2D eigenvalue weighted by Crippen LogP contribution is 2.34. The fourth-order valence-corrected chi connectivity index (χ4v) is 3.08. The Bertz CT molecular complexity index is 1110. The van der Waals surface area contributed by atoms with E-state index in [4.69, 9.17) is 21.6 Å². The van der Waals surface area contributed by atoms with Gasteiger partial charge in [-0.05, 0) is 18.2 Å². The van der Waals surface area contributed by atoms with Crippen LogP contribution >= 0.6 is 11.6 Å². The molecule has 0 radical (unpaired) electrons. The maximum atomic E-state index is 8.95. The minimum atomic E-state index is 0.352. The summed E-state index contributed by atoms with van der Waals surface area (Å²) < 4.78 is 7.28. The number of aromatic nitrogens is 4. The van der Waals surface area contributed by atoms with E-state index in [1.807, 2.05) is 30.6 Å². The van der Waals surface area contributed by atoms with Crippen molar-refractivity contribution in [3.8, 4) is 11.8 Å². The van der Waals surface area contributed by atoms with E-state index in [1.165, 1.54) is 0 Å². The van der Waals surface area contributed by atoms with Gasteiger partial charge in [0.2, 0.25) is 0 Å². The Labute approximate surface area is 142 Å². The molecule has 0 bridgehead atoms. The maximum absolute atomic E-state index is 8.95. The van der Waals surface area contributed by atoms with Crippen LogP contribution in [0.5, 0.6) is 5.75 Å². The Balaban J connectivity index is 1.83. The summed E-state index contributed by atoms with van der Waals surface area (Å²) in [7, 11) is 1.62. The van der Waals surface area contributed by atoms with Gasteiger partial charge in [-0.15, -0.1) is 0 Å². The number of benzene rings is 1. The summed E-state index contributed by atoms with van der Waals surface area (Å²) >= 11 is 6.28. The summed E-state index contributed by atoms with van der Waals surface area (Å²) in [6, 6.07) is 9.31. The van der Waals surface area contributed by atoms with Gasteiger partial charge >= 0.3 is 0 Å². The predicted molar refractivity (Wildman–Crippen MR) is 91.2 cm³/mol. The lowest BCUT2D eigenvalue weighted by Crippen LogP contribution is -2.03. The molecule has 3 heterocycles. The summed E-state index contributed by atoms with van der Waals surface area (Å²) in [6.07, 6.45) is 3.75. The number of methoxy groups -OCH3 is 1. The Hall–Kier alpha value is -3.04. The van der Waals surface area contributed by atoms with Crippen LogP contribution in [0.3, 0.4) is 0 Å². The molecule has 118 valence electrons. The van der Waals surface area contributed by atoms with Crippen molar-refractivity contribution in [3.63, 3.8) is 0 Å². The van der Waals surface area contributed by atoms with Crippen LogP contribution in [0, 0.1) is 11.3 Å². The maximum Gasteiger partial charge on any atom is 0.182 e. The number of pyridine rings is 1. The Morgan fingerprint density at radius 2 is 2.25 bits per heavy atom. The third kappa shape index (κ3) is 2.27. The Kier molecular flexibility index (Phi) is 3.36. The standard InChI is InChI=1S/C17H12ClN5O/c1-24-15-6-14(18)16-12(4-5-20-16)13(15)9-23-8-10-2-3-11(7-19)21-17(10)22-23/h2-6,8,20H,9H2,1H3. The number of aromatic amines is 1. The van der Waals surface area contributed by atoms with Crippen molar-refractivity contribution in [1.82, 2.24) is 19.7 Å². The highest BCUT2D eigenvalue weighted by molar-refractivity contribution is 6.35. The van der Waals surface area contributed by atoms with Crippen LogP contribution in [-0.4, -0.2) is 26.9 Å². The molecule has 0 fully saturated rings. The van der Waals surface area contributed by atoms with Crippen molar-refractivity contribution >= 4 is 33.5 Å². The van der Waals surface area contributed by atoms with Gasteiger partial charge in [0, 0.05) is 34.8 Å². The summed E-state index contributed by atoms with van der Waals surface area (Å²) in [5.41, 5.74) is 2.75. The van der Waals surface area contributed by atoms with Gasteiger partial charge in [0.05, 0.1) is 24.2 Å². The number of nitriles is 1. The first-order chi connectivity index (χ1) is 11.7. The number of nitrogens with one attached hydrogen (secondary N) is 1. The molecule has 0 aliphatic rings. The summed E-state index contributed by atoms with van der Waals surface area (Å²) in [5, 5.41) is 15.9. The van der Waals surface area contributed by atoms with E-state index in [-0.39, 0.29) is 0 Å². The minimum absolute atomic E-state index is 0.352. The molecule has 0 aliphatic heterocycles. The number of halogens is 1. The van der Waals surface area contributed by atoms with E-state index in [0.717, 1.165) is 21.9 Å². The van der Waals surface area contributed by atoms with Crippen molar-refractivity contribution in [3.05, 3.63) is 52.9 Å². The summed E-state index contributed by atoms with van der Waals surface area (Å²) in [6.45, 7) is 0.507. The predicted octanol–water partition coefficient (Wildman–Crippen LogP) is 3.49. The molecule has 0 saturated heterocycles. The first-order valence-corrected chi connectivity index (χ1v) is 7.64. The van der Waals surface area contributed by atoms with Gasteiger partial charge in [-0.3, -0.25) is 4.68 Å². The molecule has 4 aromatic rings. The molecule has 3 aromatic heterocycles. The molecule has 0 unspecified atom stereocenters. The van der Waals surface area contributed by atoms with Gasteiger partial charge in [0.25, 0.3) is 0 Å². The van der Waals surface area contributed by atoms with Gasteiger partial charge in [0.15, 0.2) is 5.65 Å². The number of ether oxygens (including phenoxy) is 1. The molecule has 0 aliphatic carbocycles. The normalized spacial score (nSPS) is 11.0. The van der Waals surface area contributed by atoms with Crippen LogP contribution in [0.25, 0.3) is 21.9 Å². The minimum Gasteiger partial charge on any atom is -0.496 e. The van der Waals surface area contributed by atoms with E-state index in [2.05, 4.69) is 15.1 Å². The topological polar surface area (TPSA) is 79.5 Å². The first-order valence-electron chi connectivity index (χ1n) is 7.26. The van der Waals surface area contributed by atoms with Gasteiger partial charge in [-0.2, -0.15) is 10.4 Å². The number of H-pyrrole nitrogens is 1. The van der Waals surface area contributed by atoms with Crippen molar-refractivity contribution in [2.75, 3.05) is 7.11 Å². The number of hydrogen-bond donors (Lipinski definition) is 1. The Morgan fingerprint density at radius 1 is 1.38 bits per heavy atom. The second kappa shape index (κ2) is 5.55. The molecule has 7 heteroatoms. The van der Waals surface area contributed by atoms with Crippen molar-refractivity contribution in [2.45, 2.75) is 6.54 Å². The highest BCUT2D eigenvalue weighted by Gasteiger charge is 2.14. The van der Waals surface area contributed by atoms with Gasteiger partial charge in [-0.1, -0.05) is 11.6 Å². The molecular weight excluding hydrogens is 326 g/mol. The average molecular weight is 338 g/mol. The molecule has 0 atom stereocenters. The third-order valence-electron chi connectivity index (χ3n) is 3.94. The summed E-state index contributed by atoms with van der Waals surface area (Å²) in [5.74, 6) is 0.706. The Morgan fingerprint density at radius 3 is 3.04 bits per heavy atom. The molecule has 1 N–H and O–H groups in total. The van der Waals surface area contributed by atoms with Crippen LogP contribution < -0.4 is 4.74 Å². The highest BCUT2D eigenvalue weighted by atomic mass is 35.5. The SMILES string of the molecule is COc1cc(Cl)c2[nH]ccc2c1Cn1cc2ccc(C#N)nc2n1. The van der Waals surface area contributed by atoms with Crippen molar-refractivity contribution in [1.29, 1.82) is 5.26 Å². The number of fused-ring (bicyclic) bond motifs is 2. The second-order valence-electron chi connectivity index (χ2n) is 5.35. The van der Waals surface area contributed by atoms with Crippen molar-refractivity contribution < 1.29 is 4.74 Å². The van der Waals surface area contributed by atoms with Gasteiger partial charge in [-0.25, -0.2) is 4.98 Å². The molecule has 24 heavy (non-hydrogen) atoms. The quantitative estimate of drug-likeness (QED) is 0.620. The van der Waals surface area contributed by atoms with Crippen LogP contribution in [0.4, 0.5) is 0 Å². The lowest BCUT2D eigenvalue weighted by molar-refractivity contribution is 0.408. The zero-order valence-electron chi connectivity index (χ0n) is 12.7. The largest absolute Gasteiger partial charge is 0.496 e. The molecule has 0 saturated carbocycles. The van der Waals surface area contributed by atoms with Crippen molar-refractivity contribution in [2.24, 2.45) is 0 Å². The molecular formula is C17H12ClN5O. The second-order valence-corrected chi connectivity index (χ2v) is 5.76. The van der Waals surface area contributed by atoms with Crippen LogP contribution in [0.15, 0.2) is 36.7 Å². The zero-order chi connectivity index (χ0) is 16.7. The lowest BCUT2D eigenvalue weighted by atomic mass is 10.1. The first kappa shape index (κ1) is 14.5. The van der Waals surface area contributed by atoms with E-state index in [0.29, 0.717) is 28.7 Å². The zero-order valence-corrected chi connectivity index (χ0v) is 13.5. The van der Waals surface area contributed by atoms with Crippen LogP contribution in [-0.2, 0) is 6.54 Å². The average Bonchev–Trinajstić information content (AvgIpc) is 3.22. The summed E-state index contributed by atoms with van der Waals surface area (Å²) in [4.78, 5) is 7.35. The third-order valence-corrected chi connectivity index (χ3v) is 4.24. The van der Waals surface area contributed by atoms with E-state index >= 15 is 0 Å². The monoisotopic (exact) mass is 337 g/mol. The fourth-order valence-electron chi connectivity index (χ4n) is 2.83. The van der Waals surface area contributed by atoms with E-state index < -0.39 is 0 Å². The smallest absolute Gasteiger partial charge is 0.182 e.